The summed E-state index contributed by atoms with van der Waals surface area (Å²) in [6.45, 7) is 2.28. The number of carbonyl (C=O) groups is 1. The molecule has 2 atom stereocenters. The van der Waals surface area contributed by atoms with E-state index in [-0.39, 0.29) is 18.1 Å². The Balaban J connectivity index is 1.60. The maximum Gasteiger partial charge on any atom is 0.240 e. The highest BCUT2D eigenvalue weighted by molar-refractivity contribution is 5.83. The van der Waals surface area contributed by atoms with Crippen molar-refractivity contribution in [2.75, 3.05) is 26.7 Å². The summed E-state index contributed by atoms with van der Waals surface area (Å²) in [7, 11) is 1.70. The van der Waals surface area contributed by atoms with Gasteiger partial charge < -0.3 is 15.0 Å². The van der Waals surface area contributed by atoms with Crippen LogP contribution in [-0.4, -0.2) is 49.7 Å². The number of carbonyl (C=O) groups excluding carboxylic acids is 1. The molecule has 1 saturated heterocycles. The van der Waals surface area contributed by atoms with Gasteiger partial charge in [-0.25, -0.2) is 0 Å². The maximum absolute atomic E-state index is 12.5. The van der Waals surface area contributed by atoms with Crippen LogP contribution in [0, 0.1) is 0 Å². The number of rotatable bonds is 3. The number of nitrogens with one attached hydrogen (secondary N) is 1. The predicted molar refractivity (Wildman–Crippen MR) is 82.8 cm³/mol. The Morgan fingerprint density at radius 3 is 2.76 bits per heavy atom. The molecule has 0 saturated carbocycles. The third kappa shape index (κ3) is 3.17. The van der Waals surface area contributed by atoms with Gasteiger partial charge in [0.15, 0.2) is 0 Å². The second kappa shape index (κ2) is 6.41. The molecular weight excluding hydrogens is 264 g/mol. The molecule has 1 aromatic rings. The largest absolute Gasteiger partial charge is 0.380 e. The Bertz CT molecular complexity index is 527. The number of ether oxygens (including phenoxy) is 1. The van der Waals surface area contributed by atoms with E-state index in [9.17, 15) is 4.79 Å². The van der Waals surface area contributed by atoms with Crippen LogP contribution >= 0.6 is 0 Å². The third-order valence-electron chi connectivity index (χ3n) is 4.39. The van der Waals surface area contributed by atoms with Crippen molar-refractivity contribution in [2.24, 2.45) is 0 Å². The summed E-state index contributed by atoms with van der Waals surface area (Å²) in [6, 6.07) is 10.3. The lowest BCUT2D eigenvalue weighted by atomic mass is 9.99. The van der Waals surface area contributed by atoms with E-state index in [4.69, 9.17) is 4.74 Å². The van der Waals surface area contributed by atoms with Crippen LogP contribution in [-0.2, 0) is 9.53 Å². The van der Waals surface area contributed by atoms with E-state index in [1.165, 1.54) is 11.1 Å². The lowest BCUT2D eigenvalue weighted by Crippen LogP contribution is -2.45. The second-order valence-corrected chi connectivity index (χ2v) is 5.68. The molecule has 2 aliphatic rings. The highest BCUT2D eigenvalue weighted by Crippen LogP contribution is 2.23. The van der Waals surface area contributed by atoms with Crippen LogP contribution in [0.25, 0.3) is 5.57 Å². The molecule has 1 amide bonds. The van der Waals surface area contributed by atoms with Crippen LogP contribution in [0.5, 0.6) is 0 Å². The number of methoxy groups -OCH3 is 1. The highest BCUT2D eigenvalue weighted by Gasteiger charge is 2.32. The fourth-order valence-electron chi connectivity index (χ4n) is 3.08. The molecule has 0 spiro atoms. The third-order valence-corrected chi connectivity index (χ3v) is 4.39. The lowest BCUT2D eigenvalue weighted by Gasteiger charge is -2.29. The molecule has 21 heavy (non-hydrogen) atoms. The monoisotopic (exact) mass is 286 g/mol. The van der Waals surface area contributed by atoms with E-state index in [1.807, 2.05) is 11.0 Å². The zero-order valence-corrected chi connectivity index (χ0v) is 12.4. The second-order valence-electron chi connectivity index (χ2n) is 5.68. The van der Waals surface area contributed by atoms with Crippen molar-refractivity contribution < 1.29 is 9.53 Å². The Morgan fingerprint density at radius 1 is 1.33 bits per heavy atom. The van der Waals surface area contributed by atoms with Crippen LogP contribution < -0.4 is 5.32 Å². The topological polar surface area (TPSA) is 41.6 Å². The minimum Gasteiger partial charge on any atom is -0.380 e. The summed E-state index contributed by atoms with van der Waals surface area (Å²) in [4.78, 5) is 14.4. The molecule has 2 unspecified atom stereocenters. The zero-order chi connectivity index (χ0) is 14.7. The molecule has 112 valence electrons. The van der Waals surface area contributed by atoms with Crippen molar-refractivity contribution in [3.8, 4) is 0 Å². The van der Waals surface area contributed by atoms with Gasteiger partial charge in [-0.1, -0.05) is 36.4 Å². The standard InChI is InChI=1S/C17H22N2O2/c1-21-15-11-16(18-12-15)17(20)19-9-7-14(8-10-19)13-5-3-2-4-6-13/h2-7,15-16,18H,8-12H2,1H3. The van der Waals surface area contributed by atoms with Crippen LogP contribution in [0.1, 0.15) is 18.4 Å². The average molecular weight is 286 g/mol. The number of hydrogen-bond donors (Lipinski definition) is 1. The van der Waals surface area contributed by atoms with Gasteiger partial charge in [0, 0.05) is 26.7 Å². The van der Waals surface area contributed by atoms with E-state index < -0.39 is 0 Å². The fraction of sp³-hybridized carbons (Fsp3) is 0.471. The predicted octanol–water partition coefficient (Wildman–Crippen LogP) is 1.68. The number of hydrogen-bond acceptors (Lipinski definition) is 3. The van der Waals surface area contributed by atoms with E-state index in [0.29, 0.717) is 6.54 Å². The first-order valence-corrected chi connectivity index (χ1v) is 7.57. The fourth-order valence-corrected chi connectivity index (χ4v) is 3.08. The average Bonchev–Trinajstić information content (AvgIpc) is 3.04. The maximum atomic E-state index is 12.5. The molecular formula is C17H22N2O2. The summed E-state index contributed by atoms with van der Waals surface area (Å²) in [5.74, 6) is 0.206. The quantitative estimate of drug-likeness (QED) is 0.919. The van der Waals surface area contributed by atoms with Gasteiger partial charge >= 0.3 is 0 Å². The molecule has 1 fully saturated rings. The molecule has 2 heterocycles. The van der Waals surface area contributed by atoms with Crippen molar-refractivity contribution >= 4 is 11.5 Å². The van der Waals surface area contributed by atoms with Crippen LogP contribution in [0.4, 0.5) is 0 Å². The number of nitrogens with zero attached hydrogens (tertiary/aromatic N) is 1. The van der Waals surface area contributed by atoms with Gasteiger partial charge in [-0.2, -0.15) is 0 Å². The van der Waals surface area contributed by atoms with Crippen LogP contribution in [0.3, 0.4) is 0 Å². The molecule has 0 aromatic heterocycles. The summed E-state index contributed by atoms with van der Waals surface area (Å²) in [5, 5.41) is 3.26. The van der Waals surface area contributed by atoms with Crippen molar-refractivity contribution in [3.05, 3.63) is 42.0 Å². The van der Waals surface area contributed by atoms with Gasteiger partial charge in [0.25, 0.3) is 0 Å². The van der Waals surface area contributed by atoms with Gasteiger partial charge in [0.1, 0.15) is 0 Å². The Hall–Kier alpha value is -1.65. The highest BCUT2D eigenvalue weighted by atomic mass is 16.5. The lowest BCUT2D eigenvalue weighted by molar-refractivity contribution is -0.132. The molecule has 2 aliphatic heterocycles. The first-order valence-electron chi connectivity index (χ1n) is 7.57. The van der Waals surface area contributed by atoms with Crippen molar-refractivity contribution in [3.63, 3.8) is 0 Å². The van der Waals surface area contributed by atoms with Gasteiger partial charge in [-0.15, -0.1) is 0 Å². The van der Waals surface area contributed by atoms with Gasteiger partial charge in [0.05, 0.1) is 12.1 Å². The van der Waals surface area contributed by atoms with Crippen molar-refractivity contribution in [2.45, 2.75) is 25.0 Å². The van der Waals surface area contributed by atoms with Crippen molar-refractivity contribution in [1.82, 2.24) is 10.2 Å². The first-order chi connectivity index (χ1) is 10.3. The van der Waals surface area contributed by atoms with Gasteiger partial charge in [-0.3, -0.25) is 4.79 Å². The molecule has 0 bridgehead atoms. The summed E-state index contributed by atoms with van der Waals surface area (Å²) in [6.07, 6.45) is 4.05. The molecule has 4 heteroatoms. The summed E-state index contributed by atoms with van der Waals surface area (Å²) < 4.78 is 5.31. The van der Waals surface area contributed by atoms with E-state index in [2.05, 4.69) is 35.7 Å². The SMILES string of the molecule is COC1CNC(C(=O)N2CC=C(c3ccccc3)CC2)C1. The molecule has 0 radical (unpaired) electrons. The molecule has 1 aromatic carbocycles. The normalized spacial score (nSPS) is 25.8. The Morgan fingerprint density at radius 2 is 2.14 bits per heavy atom. The van der Waals surface area contributed by atoms with Gasteiger partial charge in [0.2, 0.25) is 5.91 Å². The zero-order valence-electron chi connectivity index (χ0n) is 12.4. The minimum absolute atomic E-state index is 0.0818. The Labute approximate surface area is 125 Å². The number of amides is 1. The minimum atomic E-state index is -0.0818. The summed E-state index contributed by atoms with van der Waals surface area (Å²) in [5.41, 5.74) is 2.61. The van der Waals surface area contributed by atoms with Crippen molar-refractivity contribution in [1.29, 1.82) is 0 Å². The molecule has 3 rings (SSSR count). The molecule has 4 nitrogen and oxygen atoms in total. The van der Waals surface area contributed by atoms with E-state index in [1.54, 1.807) is 7.11 Å². The Kier molecular flexibility index (Phi) is 4.36. The van der Waals surface area contributed by atoms with Crippen LogP contribution in [0.15, 0.2) is 36.4 Å². The molecule has 1 N–H and O–H groups in total. The molecule has 0 aliphatic carbocycles. The van der Waals surface area contributed by atoms with E-state index in [0.717, 1.165) is 25.9 Å². The summed E-state index contributed by atoms with van der Waals surface area (Å²) >= 11 is 0. The van der Waals surface area contributed by atoms with Crippen LogP contribution in [0.2, 0.25) is 0 Å². The first kappa shape index (κ1) is 14.3. The van der Waals surface area contributed by atoms with Gasteiger partial charge in [-0.05, 0) is 24.0 Å². The smallest absolute Gasteiger partial charge is 0.240 e. The van der Waals surface area contributed by atoms with E-state index >= 15 is 0 Å². The number of benzene rings is 1.